The van der Waals surface area contributed by atoms with Gasteiger partial charge in [0.15, 0.2) is 5.16 Å². The molecule has 0 saturated carbocycles. The molecular weight excluding hydrogens is 442 g/mol. The Morgan fingerprint density at radius 1 is 1.31 bits per heavy atom. The Labute approximate surface area is 194 Å². The number of fused-ring (bicyclic) bond motifs is 8. The van der Waals surface area contributed by atoms with Crippen LogP contribution in [-0.2, 0) is 17.6 Å². The van der Waals surface area contributed by atoms with E-state index in [1.54, 1.807) is 0 Å². The van der Waals surface area contributed by atoms with Gasteiger partial charge < -0.3 is 5.32 Å². The summed E-state index contributed by atoms with van der Waals surface area (Å²) in [6.07, 6.45) is 3.56. The molecule has 0 spiro atoms. The van der Waals surface area contributed by atoms with Crippen molar-refractivity contribution in [3.8, 4) is 5.00 Å². The summed E-state index contributed by atoms with van der Waals surface area (Å²) in [4.78, 5) is 14.0. The van der Waals surface area contributed by atoms with Crippen LogP contribution in [0.2, 0.25) is 0 Å². The lowest BCUT2D eigenvalue weighted by Gasteiger charge is -2.31. The van der Waals surface area contributed by atoms with Crippen molar-refractivity contribution in [3.63, 3.8) is 0 Å². The lowest BCUT2D eigenvalue weighted by atomic mass is 9.87. The molecule has 3 aliphatic rings. The molecule has 2 aromatic heterocycles. The minimum Gasteiger partial charge on any atom is -0.325 e. The number of nitrogens with zero attached hydrogens (tertiary/aromatic N) is 4. The Balaban J connectivity index is 1.29. The van der Waals surface area contributed by atoms with Crippen LogP contribution in [0.1, 0.15) is 41.1 Å². The number of aromatic nitrogens is 3. The largest absolute Gasteiger partial charge is 0.325 e. The first kappa shape index (κ1) is 20.2. The van der Waals surface area contributed by atoms with Crippen molar-refractivity contribution in [3.05, 3.63) is 45.8 Å². The highest BCUT2D eigenvalue weighted by molar-refractivity contribution is 7.99. The molecule has 3 N–H and O–H groups in total. The summed E-state index contributed by atoms with van der Waals surface area (Å²) in [5, 5.41) is 19.5. The molecule has 166 valence electrons. The summed E-state index contributed by atoms with van der Waals surface area (Å²) in [7, 11) is 0. The van der Waals surface area contributed by atoms with Gasteiger partial charge in [0.1, 0.15) is 11.2 Å². The van der Waals surface area contributed by atoms with Crippen LogP contribution < -0.4 is 21.1 Å². The normalized spacial score (nSPS) is 21.0. The highest BCUT2D eigenvalue weighted by Crippen LogP contribution is 2.48. The molecule has 10 heteroatoms. The van der Waals surface area contributed by atoms with E-state index in [9.17, 15) is 4.79 Å². The minimum absolute atomic E-state index is 0.0506. The minimum atomic E-state index is -0.0506. The fraction of sp³-hybridized carbons (Fsp3) is 0.409. The van der Waals surface area contributed by atoms with Crippen molar-refractivity contribution in [2.45, 2.75) is 44.4 Å². The highest BCUT2D eigenvalue weighted by Gasteiger charge is 2.42. The Bertz CT molecular complexity index is 1190. The van der Waals surface area contributed by atoms with E-state index in [1.807, 2.05) is 42.5 Å². The first-order valence-electron chi connectivity index (χ1n) is 10.9. The molecule has 6 rings (SSSR count). The molecular formula is C22H25N7OS2. The second-order valence-electron chi connectivity index (χ2n) is 8.70. The Morgan fingerprint density at radius 2 is 2.16 bits per heavy atom. The zero-order valence-electron chi connectivity index (χ0n) is 18.0. The number of thiophene rings is 1. The van der Waals surface area contributed by atoms with Crippen LogP contribution in [0.3, 0.4) is 0 Å². The van der Waals surface area contributed by atoms with Gasteiger partial charge in [-0.05, 0) is 49.8 Å². The summed E-state index contributed by atoms with van der Waals surface area (Å²) >= 11 is 3.29. The maximum Gasteiger partial charge on any atom is 0.249 e. The highest BCUT2D eigenvalue weighted by atomic mass is 32.2. The van der Waals surface area contributed by atoms with Gasteiger partial charge in [0.05, 0.1) is 12.4 Å². The van der Waals surface area contributed by atoms with Gasteiger partial charge in [0.2, 0.25) is 11.9 Å². The van der Waals surface area contributed by atoms with Gasteiger partial charge in [-0.3, -0.25) is 15.1 Å². The van der Waals surface area contributed by atoms with Gasteiger partial charge >= 0.3 is 0 Å². The summed E-state index contributed by atoms with van der Waals surface area (Å²) in [6, 6.07) is 7.83. The molecule has 2 atom stereocenters. The van der Waals surface area contributed by atoms with Crippen LogP contribution in [0, 0.1) is 12.8 Å². The molecule has 1 unspecified atom stereocenters. The van der Waals surface area contributed by atoms with Crippen LogP contribution in [0.4, 0.5) is 11.6 Å². The van der Waals surface area contributed by atoms with E-state index in [-0.39, 0.29) is 17.8 Å². The second-order valence-corrected chi connectivity index (χ2v) is 10.7. The van der Waals surface area contributed by atoms with E-state index >= 15 is 0 Å². The maximum absolute atomic E-state index is 12.6. The number of hydrogen-bond acceptors (Lipinski definition) is 8. The number of hydrogen-bond donors (Lipinski definition) is 3. The van der Waals surface area contributed by atoms with Crippen LogP contribution in [-0.4, -0.2) is 33.1 Å². The quantitative estimate of drug-likeness (QED) is 0.507. The van der Waals surface area contributed by atoms with Gasteiger partial charge in [-0.2, -0.15) is 0 Å². The molecule has 0 bridgehead atoms. The Morgan fingerprint density at radius 3 is 3.00 bits per heavy atom. The van der Waals surface area contributed by atoms with Crippen molar-refractivity contribution in [1.82, 2.24) is 25.5 Å². The lowest BCUT2D eigenvalue weighted by Crippen LogP contribution is -2.39. The molecule has 1 aliphatic carbocycles. The third-order valence-electron chi connectivity index (χ3n) is 6.31. The fourth-order valence-electron chi connectivity index (χ4n) is 4.69. The average molecular weight is 468 g/mol. The predicted octanol–water partition coefficient (Wildman–Crippen LogP) is 3.38. The predicted molar refractivity (Wildman–Crippen MR) is 127 cm³/mol. The molecule has 1 aromatic carbocycles. The molecule has 1 fully saturated rings. The summed E-state index contributed by atoms with van der Waals surface area (Å²) in [5.41, 5.74) is 8.20. The van der Waals surface area contributed by atoms with Crippen LogP contribution in [0.5, 0.6) is 0 Å². The third kappa shape index (κ3) is 3.33. The molecule has 1 saturated heterocycles. The average Bonchev–Trinajstić information content (AvgIpc) is 3.49. The van der Waals surface area contributed by atoms with E-state index in [0.29, 0.717) is 12.6 Å². The molecule has 3 aromatic rings. The standard InChI is InChI=1S/C22H25N7OS2/c1-12-3-6-14(7-4-12)25-17(30)10-31-22-27-26-21-28(22)20-18(19-23-11-24-29(19)21)15-8-5-13(2)9-16(15)32-20/h3-4,6-7,13,19,23-24H,5,8-11H2,1-2H3,(H,25,30)/t13-,19?/m0/s1. The smallest absolute Gasteiger partial charge is 0.249 e. The number of amides is 1. The number of carbonyl (C=O) groups excluding carboxylic acids is 1. The third-order valence-corrected chi connectivity index (χ3v) is 8.50. The summed E-state index contributed by atoms with van der Waals surface area (Å²) in [5.74, 6) is 1.72. The lowest BCUT2D eigenvalue weighted by molar-refractivity contribution is -0.113. The fourth-order valence-corrected chi connectivity index (χ4v) is 7.02. The second kappa shape index (κ2) is 7.87. The van der Waals surface area contributed by atoms with Gasteiger partial charge in [-0.15, -0.1) is 21.5 Å². The Hall–Kier alpha value is -2.40. The zero-order chi connectivity index (χ0) is 21.8. The summed E-state index contributed by atoms with van der Waals surface area (Å²) in [6.45, 7) is 5.06. The molecule has 1 amide bonds. The van der Waals surface area contributed by atoms with E-state index in [2.05, 4.69) is 42.8 Å². The monoisotopic (exact) mass is 467 g/mol. The Kier molecular flexibility index (Phi) is 4.98. The first-order chi connectivity index (χ1) is 15.6. The molecule has 0 radical (unpaired) electrons. The zero-order valence-corrected chi connectivity index (χ0v) is 19.6. The van der Waals surface area contributed by atoms with Crippen molar-refractivity contribution >= 4 is 40.6 Å². The molecule has 4 heterocycles. The molecule has 2 aliphatic heterocycles. The van der Waals surface area contributed by atoms with Crippen LogP contribution in [0.15, 0.2) is 29.4 Å². The SMILES string of the molecule is Cc1ccc(NC(=O)CSc2nnc3n2-c2sc4c(c2C2NCNN32)CC[C@H](C)C4)cc1. The maximum atomic E-state index is 12.6. The van der Waals surface area contributed by atoms with Crippen molar-refractivity contribution in [2.75, 3.05) is 22.7 Å². The van der Waals surface area contributed by atoms with E-state index in [4.69, 9.17) is 0 Å². The van der Waals surface area contributed by atoms with Gasteiger partial charge in [0.25, 0.3) is 0 Å². The van der Waals surface area contributed by atoms with Gasteiger partial charge in [-0.1, -0.05) is 36.4 Å². The van der Waals surface area contributed by atoms with Crippen LogP contribution in [0.25, 0.3) is 5.00 Å². The van der Waals surface area contributed by atoms with E-state index in [0.717, 1.165) is 29.6 Å². The number of nitrogens with one attached hydrogen (secondary N) is 3. The van der Waals surface area contributed by atoms with Crippen molar-refractivity contribution in [1.29, 1.82) is 0 Å². The number of anilines is 2. The molecule has 8 nitrogen and oxygen atoms in total. The van der Waals surface area contributed by atoms with E-state index < -0.39 is 0 Å². The number of hydrazine groups is 1. The van der Waals surface area contributed by atoms with E-state index in [1.165, 1.54) is 44.8 Å². The first-order valence-corrected chi connectivity index (χ1v) is 12.7. The molecule has 32 heavy (non-hydrogen) atoms. The number of rotatable bonds is 4. The number of carbonyl (C=O) groups is 1. The number of aryl methyl sites for hydroxylation is 1. The van der Waals surface area contributed by atoms with Crippen LogP contribution >= 0.6 is 23.1 Å². The topological polar surface area (TPSA) is 87.1 Å². The summed E-state index contributed by atoms with van der Waals surface area (Å²) < 4.78 is 2.13. The number of benzene rings is 1. The number of thioether (sulfide) groups is 1. The van der Waals surface area contributed by atoms with Crippen molar-refractivity contribution in [2.24, 2.45) is 5.92 Å². The van der Waals surface area contributed by atoms with Gasteiger partial charge in [-0.25, -0.2) is 9.99 Å². The van der Waals surface area contributed by atoms with Gasteiger partial charge in [0, 0.05) is 16.1 Å². The van der Waals surface area contributed by atoms with Crippen molar-refractivity contribution < 1.29 is 4.79 Å².